The fourth-order valence-corrected chi connectivity index (χ4v) is 6.39. The zero-order valence-electron chi connectivity index (χ0n) is 21.0. The number of methoxy groups -OCH3 is 2. The highest BCUT2D eigenvalue weighted by molar-refractivity contribution is 5.96. The molecule has 0 unspecified atom stereocenters. The summed E-state index contributed by atoms with van der Waals surface area (Å²) in [6.07, 6.45) is 13.3. The van der Waals surface area contributed by atoms with Gasteiger partial charge >= 0.3 is 0 Å². The van der Waals surface area contributed by atoms with Crippen molar-refractivity contribution in [3.05, 3.63) is 35.1 Å². The van der Waals surface area contributed by atoms with Gasteiger partial charge in [-0.3, -0.25) is 4.79 Å². The number of nitrogens with zero attached hydrogens (tertiary/aromatic N) is 1. The maximum Gasteiger partial charge on any atom is 0.197 e. The van der Waals surface area contributed by atoms with Crippen LogP contribution in [-0.2, 0) is 21.4 Å². The molecule has 3 atom stereocenters. The minimum absolute atomic E-state index is 0.103. The zero-order chi connectivity index (χ0) is 23.4. The van der Waals surface area contributed by atoms with E-state index in [4.69, 9.17) is 14.2 Å². The van der Waals surface area contributed by atoms with Gasteiger partial charge in [0.2, 0.25) is 0 Å². The van der Waals surface area contributed by atoms with Crippen LogP contribution in [0.15, 0.2) is 24.0 Å². The Labute approximate surface area is 199 Å². The second-order valence-electron chi connectivity index (χ2n) is 10.1. The number of likely N-dealkylation sites (tertiary alicyclic amines) is 1. The van der Waals surface area contributed by atoms with Crippen LogP contribution in [0, 0.1) is 5.92 Å². The first-order chi connectivity index (χ1) is 16.1. The van der Waals surface area contributed by atoms with Crippen molar-refractivity contribution in [2.45, 2.75) is 82.6 Å². The first-order valence-corrected chi connectivity index (χ1v) is 12.9. The fraction of sp³-hybridized carbons (Fsp3) is 0.679. The van der Waals surface area contributed by atoms with E-state index in [0.717, 1.165) is 37.3 Å². The van der Waals surface area contributed by atoms with Gasteiger partial charge in [-0.2, -0.15) is 0 Å². The van der Waals surface area contributed by atoms with Crippen molar-refractivity contribution >= 4 is 5.78 Å². The molecule has 3 aliphatic rings. The molecule has 0 N–H and O–H groups in total. The molecular weight excluding hydrogens is 414 g/mol. The van der Waals surface area contributed by atoms with Gasteiger partial charge in [0.1, 0.15) is 0 Å². The number of ether oxygens (including phenoxy) is 3. The second-order valence-corrected chi connectivity index (χ2v) is 10.1. The predicted octanol–water partition coefficient (Wildman–Crippen LogP) is 5.44. The molecule has 182 valence electrons. The van der Waals surface area contributed by atoms with Crippen LogP contribution in [0.3, 0.4) is 0 Å². The molecule has 0 saturated carbocycles. The van der Waals surface area contributed by atoms with E-state index in [1.54, 1.807) is 14.2 Å². The number of piperidine rings is 1. The molecular formula is C28H41NO4. The number of carbonyl (C=O) groups is 1. The van der Waals surface area contributed by atoms with Crippen molar-refractivity contribution in [2.75, 3.05) is 34.4 Å². The molecule has 1 aromatic rings. The number of fused-ring (bicyclic) bond motifs is 1. The van der Waals surface area contributed by atoms with E-state index in [2.05, 4.69) is 31.0 Å². The van der Waals surface area contributed by atoms with E-state index >= 15 is 0 Å². The number of rotatable bonds is 11. The second kappa shape index (κ2) is 10.5. The van der Waals surface area contributed by atoms with Crippen LogP contribution in [0.5, 0.6) is 11.5 Å². The average Bonchev–Trinajstić information content (AvgIpc) is 2.82. The lowest BCUT2D eigenvalue weighted by atomic mass is 9.53. The maximum atomic E-state index is 13.1. The van der Waals surface area contributed by atoms with Gasteiger partial charge in [0, 0.05) is 29.4 Å². The van der Waals surface area contributed by atoms with Gasteiger partial charge < -0.3 is 19.1 Å². The van der Waals surface area contributed by atoms with Crippen LogP contribution in [0.1, 0.15) is 75.8 Å². The molecule has 2 aliphatic carbocycles. The summed E-state index contributed by atoms with van der Waals surface area (Å²) in [5, 5.41) is 0. The molecule has 0 amide bonds. The third-order valence-electron chi connectivity index (χ3n) is 8.18. The number of hydrogen-bond donors (Lipinski definition) is 0. The molecule has 5 nitrogen and oxygen atoms in total. The molecule has 1 aromatic carbocycles. The van der Waals surface area contributed by atoms with Gasteiger partial charge in [0.15, 0.2) is 23.0 Å². The summed E-state index contributed by atoms with van der Waals surface area (Å²) < 4.78 is 17.8. The van der Waals surface area contributed by atoms with Gasteiger partial charge in [-0.15, -0.1) is 0 Å². The SMILES string of the molecule is CCCCCCCCCOc1c(OC)ccc2c1[C@@]13CCN(C)[C@@H](C2)[C@H]1C=C(OC)C(=O)C3. The van der Waals surface area contributed by atoms with Crippen molar-refractivity contribution in [1.29, 1.82) is 0 Å². The summed E-state index contributed by atoms with van der Waals surface area (Å²) in [4.78, 5) is 15.5. The lowest BCUT2D eigenvalue weighted by Gasteiger charge is -2.56. The summed E-state index contributed by atoms with van der Waals surface area (Å²) in [6.45, 7) is 3.93. The van der Waals surface area contributed by atoms with Crippen LogP contribution < -0.4 is 9.47 Å². The van der Waals surface area contributed by atoms with Crippen LogP contribution >= 0.6 is 0 Å². The Bertz CT molecular complexity index is 879. The van der Waals surface area contributed by atoms with Crippen molar-refractivity contribution in [1.82, 2.24) is 4.90 Å². The van der Waals surface area contributed by atoms with E-state index in [0.29, 0.717) is 24.8 Å². The Hall–Kier alpha value is -2.01. The molecule has 2 bridgehead atoms. The quantitative estimate of drug-likeness (QED) is 0.416. The molecule has 1 saturated heterocycles. The van der Waals surface area contributed by atoms with Crippen molar-refractivity contribution in [3.63, 3.8) is 0 Å². The van der Waals surface area contributed by atoms with Crippen molar-refractivity contribution in [3.8, 4) is 11.5 Å². The highest BCUT2D eigenvalue weighted by Crippen LogP contribution is 2.58. The molecule has 0 spiro atoms. The maximum absolute atomic E-state index is 13.1. The van der Waals surface area contributed by atoms with E-state index in [1.165, 1.54) is 49.7 Å². The van der Waals surface area contributed by atoms with Crippen molar-refractivity contribution in [2.24, 2.45) is 5.92 Å². The van der Waals surface area contributed by atoms with E-state index in [1.807, 2.05) is 6.07 Å². The third kappa shape index (κ3) is 4.53. The van der Waals surface area contributed by atoms with Crippen LogP contribution in [-0.4, -0.2) is 51.1 Å². The smallest absolute Gasteiger partial charge is 0.197 e. The van der Waals surface area contributed by atoms with E-state index in [9.17, 15) is 4.79 Å². The van der Waals surface area contributed by atoms with Gasteiger partial charge in [-0.1, -0.05) is 51.5 Å². The van der Waals surface area contributed by atoms with E-state index < -0.39 is 0 Å². The molecule has 0 aromatic heterocycles. The van der Waals surface area contributed by atoms with Gasteiger partial charge in [0.25, 0.3) is 0 Å². The number of benzene rings is 1. The summed E-state index contributed by atoms with van der Waals surface area (Å²) in [7, 11) is 5.53. The number of likely N-dealkylation sites (N-methyl/N-ethyl adjacent to an activating group) is 1. The molecule has 5 heteroatoms. The zero-order valence-corrected chi connectivity index (χ0v) is 21.0. The molecule has 4 rings (SSSR count). The van der Waals surface area contributed by atoms with Gasteiger partial charge in [0.05, 0.1) is 20.8 Å². The summed E-state index contributed by atoms with van der Waals surface area (Å²) >= 11 is 0. The Morgan fingerprint density at radius 3 is 2.55 bits per heavy atom. The lowest BCUT2D eigenvalue weighted by Crippen LogP contribution is -2.60. The largest absolute Gasteiger partial charge is 0.493 e. The number of unbranched alkanes of at least 4 members (excludes halogenated alkanes) is 6. The summed E-state index contributed by atoms with van der Waals surface area (Å²) in [5.41, 5.74) is 2.28. The lowest BCUT2D eigenvalue weighted by molar-refractivity contribution is -0.122. The predicted molar refractivity (Wildman–Crippen MR) is 131 cm³/mol. The minimum Gasteiger partial charge on any atom is -0.493 e. The van der Waals surface area contributed by atoms with Crippen LogP contribution in [0.25, 0.3) is 0 Å². The number of carbonyl (C=O) groups excluding carboxylic acids is 1. The van der Waals surface area contributed by atoms with Crippen LogP contribution in [0.4, 0.5) is 0 Å². The number of hydrogen-bond acceptors (Lipinski definition) is 5. The molecule has 0 radical (unpaired) electrons. The fourth-order valence-electron chi connectivity index (χ4n) is 6.39. The number of ketones is 1. The van der Waals surface area contributed by atoms with Crippen molar-refractivity contribution < 1.29 is 19.0 Å². The molecule has 1 aliphatic heterocycles. The summed E-state index contributed by atoms with van der Waals surface area (Å²) in [5.74, 6) is 2.52. The Kier molecular flexibility index (Phi) is 7.68. The number of Topliss-reactive ketones (excluding diaryl/α,β-unsaturated/α-hetero) is 1. The molecule has 1 fully saturated rings. The first-order valence-electron chi connectivity index (χ1n) is 12.9. The Balaban J connectivity index is 1.61. The monoisotopic (exact) mass is 455 g/mol. The van der Waals surface area contributed by atoms with E-state index in [-0.39, 0.29) is 17.1 Å². The normalized spacial score (nSPS) is 26.3. The minimum atomic E-state index is -0.242. The summed E-state index contributed by atoms with van der Waals surface area (Å²) in [6, 6.07) is 4.61. The topological polar surface area (TPSA) is 48.0 Å². The molecule has 1 heterocycles. The highest BCUT2D eigenvalue weighted by Gasteiger charge is 2.56. The van der Waals surface area contributed by atoms with Gasteiger partial charge in [-0.25, -0.2) is 0 Å². The highest BCUT2D eigenvalue weighted by atomic mass is 16.5. The Morgan fingerprint density at radius 1 is 1.06 bits per heavy atom. The first kappa shape index (κ1) is 24.1. The Morgan fingerprint density at radius 2 is 1.82 bits per heavy atom. The number of allylic oxidation sites excluding steroid dienone is 1. The standard InChI is InChI=1S/C28H41NO4/c1-5-6-7-8-9-10-11-16-33-27-24(31-3)13-12-20-17-22-21-18-25(32-4)23(30)19-28(21,26(20)27)14-15-29(22)2/h12-13,18,21-22H,5-11,14-17,19H2,1-4H3/t21-,22+,28-/m1/s1. The third-order valence-corrected chi connectivity index (χ3v) is 8.18. The van der Waals surface area contributed by atoms with Crippen LogP contribution in [0.2, 0.25) is 0 Å². The molecule has 33 heavy (non-hydrogen) atoms. The van der Waals surface area contributed by atoms with Gasteiger partial charge in [-0.05, 0) is 50.6 Å². The average molecular weight is 456 g/mol.